The number of hydrogen-bond acceptors (Lipinski definition) is 3. The highest BCUT2D eigenvalue weighted by Gasteiger charge is 2.35. The molecule has 1 fully saturated rings. The smallest absolute Gasteiger partial charge is 0.211 e. The van der Waals surface area contributed by atoms with Crippen LogP contribution in [0.5, 0.6) is 0 Å². The fourth-order valence-electron chi connectivity index (χ4n) is 2.41. The molecule has 0 saturated heterocycles. The van der Waals surface area contributed by atoms with E-state index in [-0.39, 0.29) is 6.61 Å². The molecule has 1 aromatic rings. The number of aliphatic hydroxyl groups excluding tert-OH is 1. The molecule has 2 rings (SSSR count). The number of nitrogens with zero attached hydrogens (tertiary/aromatic N) is 2. The van der Waals surface area contributed by atoms with Crippen molar-refractivity contribution in [3.63, 3.8) is 0 Å². The summed E-state index contributed by atoms with van der Waals surface area (Å²) in [6.45, 7) is 0.247. The minimum Gasteiger partial charge on any atom is -0.392 e. The van der Waals surface area contributed by atoms with Crippen LogP contribution in [0.2, 0.25) is 0 Å². The van der Waals surface area contributed by atoms with Crippen molar-refractivity contribution in [1.29, 1.82) is 6.69 Å². The lowest BCUT2D eigenvalue weighted by atomic mass is 9.72. The Morgan fingerprint density at radius 3 is 3.00 bits per heavy atom. The summed E-state index contributed by atoms with van der Waals surface area (Å²) in [6, 6.07) is 6.18. The van der Waals surface area contributed by atoms with Crippen molar-refractivity contribution in [1.82, 2.24) is 4.98 Å². The molecule has 1 heterocycles. The van der Waals surface area contributed by atoms with Crippen LogP contribution in [-0.2, 0) is 12.0 Å². The van der Waals surface area contributed by atoms with E-state index in [1.165, 1.54) is 6.42 Å². The first-order chi connectivity index (χ1) is 8.30. The standard InChI is InChI=1S/C13H16N2O/c14-10-13(5-2-1-3-6-13)12-8-11(9-16)4-7-15-12/h4,7-8,16H,1-3,5-6,9H2/i16T. The van der Waals surface area contributed by atoms with Crippen LogP contribution in [0.1, 0.15) is 43.4 Å². The highest BCUT2D eigenvalue weighted by atomic mass is 16.3. The quantitative estimate of drug-likeness (QED) is 0.846. The van der Waals surface area contributed by atoms with Gasteiger partial charge in [-0.1, -0.05) is 19.3 Å². The van der Waals surface area contributed by atoms with Crippen molar-refractivity contribution in [2.45, 2.75) is 44.1 Å². The predicted octanol–water partition coefficient (Wildman–Crippen LogP) is 2.30. The Balaban J connectivity index is 2.30. The molecule has 3 nitrogen and oxygen atoms in total. The number of aromatic nitrogens is 1. The van der Waals surface area contributed by atoms with E-state index in [1.54, 1.807) is 6.20 Å². The lowest BCUT2D eigenvalue weighted by Gasteiger charge is -2.30. The van der Waals surface area contributed by atoms with Gasteiger partial charge in [0.05, 0.1) is 23.8 Å². The van der Waals surface area contributed by atoms with Crippen LogP contribution in [0.4, 0.5) is 0 Å². The van der Waals surface area contributed by atoms with Gasteiger partial charge in [0.2, 0.25) is 1.43 Å². The molecule has 1 aliphatic carbocycles. The Morgan fingerprint density at radius 1 is 1.50 bits per heavy atom. The minimum atomic E-state index is -0.420. The normalized spacial score (nSPS) is 19.8. The first-order valence-corrected chi connectivity index (χ1v) is 5.75. The van der Waals surface area contributed by atoms with E-state index in [4.69, 9.17) is 1.43 Å². The molecule has 3 heteroatoms. The Bertz CT molecular complexity index is 422. The molecule has 1 N–H and O–H groups in total. The molecule has 0 amide bonds. The van der Waals surface area contributed by atoms with Crippen LogP contribution in [0.15, 0.2) is 18.3 Å². The fourth-order valence-corrected chi connectivity index (χ4v) is 2.41. The van der Waals surface area contributed by atoms with Crippen molar-refractivity contribution in [3.8, 4) is 6.07 Å². The first-order valence-electron chi connectivity index (χ1n) is 6.16. The summed E-state index contributed by atoms with van der Waals surface area (Å²) in [6.07, 6.45) is 6.88. The molecule has 16 heavy (non-hydrogen) atoms. The van der Waals surface area contributed by atoms with E-state index in [1.807, 2.05) is 12.1 Å². The minimum absolute atomic E-state index is 0.247. The summed E-state index contributed by atoms with van der Waals surface area (Å²) in [5.41, 5.74) is 1.33. The number of hydrogen-bond donors (Lipinski definition) is 1. The molecule has 1 aromatic heterocycles. The third-order valence-corrected chi connectivity index (χ3v) is 3.40. The number of pyridine rings is 1. The third-order valence-electron chi connectivity index (χ3n) is 3.40. The van der Waals surface area contributed by atoms with Gasteiger partial charge in [0.25, 0.3) is 0 Å². The molecule has 0 aromatic carbocycles. The van der Waals surface area contributed by atoms with Crippen LogP contribution in [-0.4, -0.2) is 11.5 Å². The van der Waals surface area contributed by atoms with Gasteiger partial charge in [0, 0.05) is 6.20 Å². The van der Waals surface area contributed by atoms with Crippen molar-refractivity contribution in [3.05, 3.63) is 29.6 Å². The zero-order valence-corrected chi connectivity index (χ0v) is 9.28. The zero-order chi connectivity index (χ0) is 12.1. The van der Waals surface area contributed by atoms with Crippen molar-refractivity contribution in [2.24, 2.45) is 0 Å². The second kappa shape index (κ2) is 4.63. The Labute approximate surface area is 97.2 Å². The van der Waals surface area contributed by atoms with Crippen LogP contribution < -0.4 is 0 Å². The van der Waals surface area contributed by atoms with E-state index in [0.29, 0.717) is 0 Å². The fraction of sp³-hybridized carbons (Fsp3) is 0.538. The lowest BCUT2D eigenvalue weighted by molar-refractivity contribution is 0.281. The monoisotopic (exact) mass is 218 g/mol. The van der Waals surface area contributed by atoms with Crippen molar-refractivity contribution >= 4 is 0 Å². The first kappa shape index (κ1) is 9.80. The summed E-state index contributed by atoms with van der Waals surface area (Å²) in [5.74, 6) is 0. The average Bonchev–Trinajstić information content (AvgIpc) is 2.40. The van der Waals surface area contributed by atoms with Crippen LogP contribution in [0, 0.1) is 11.3 Å². The van der Waals surface area contributed by atoms with Gasteiger partial charge in [-0.2, -0.15) is 5.26 Å². The molecule has 0 atom stereocenters. The van der Waals surface area contributed by atoms with Gasteiger partial charge < -0.3 is 5.11 Å². The van der Waals surface area contributed by atoms with Gasteiger partial charge in [-0.05, 0) is 30.5 Å². The highest BCUT2D eigenvalue weighted by Crippen LogP contribution is 2.38. The zero-order valence-electron chi connectivity index (χ0n) is 10.3. The topological polar surface area (TPSA) is 56.9 Å². The molecule has 0 bridgehead atoms. The molecule has 0 aliphatic heterocycles. The van der Waals surface area contributed by atoms with Gasteiger partial charge in [0.15, 0.2) is 0 Å². The maximum absolute atomic E-state index is 9.46. The molecule has 84 valence electrons. The summed E-state index contributed by atoms with van der Waals surface area (Å²) in [7, 11) is 0. The van der Waals surface area contributed by atoms with Gasteiger partial charge in [0.1, 0.15) is 0 Å². The van der Waals surface area contributed by atoms with Crippen molar-refractivity contribution in [2.75, 3.05) is 0 Å². The number of aliphatic hydroxyl groups is 1. The Hall–Kier alpha value is -1.40. The highest BCUT2D eigenvalue weighted by molar-refractivity contribution is 5.30. The number of nitriles is 1. The molecular weight excluding hydrogens is 200 g/mol. The van der Waals surface area contributed by atoms with Crippen LogP contribution in [0.25, 0.3) is 0 Å². The second-order valence-electron chi connectivity index (χ2n) is 4.45. The van der Waals surface area contributed by atoms with Crippen LogP contribution >= 0.6 is 0 Å². The predicted molar refractivity (Wildman–Crippen MR) is 60.5 cm³/mol. The average molecular weight is 218 g/mol. The van der Waals surface area contributed by atoms with E-state index in [9.17, 15) is 5.26 Å². The Morgan fingerprint density at radius 2 is 2.31 bits per heavy atom. The van der Waals surface area contributed by atoms with E-state index < -0.39 is 5.41 Å². The molecule has 0 radical (unpaired) electrons. The van der Waals surface area contributed by atoms with E-state index in [0.717, 1.165) is 36.9 Å². The lowest BCUT2D eigenvalue weighted by Crippen LogP contribution is -2.28. The largest absolute Gasteiger partial charge is 0.392 e. The van der Waals surface area contributed by atoms with Gasteiger partial charge in [-0.25, -0.2) is 0 Å². The Kier molecular flexibility index (Phi) is 2.83. The summed E-state index contributed by atoms with van der Waals surface area (Å²) in [4.78, 5) is 4.35. The molecular formula is C13H16N2O. The SMILES string of the molecule is [3H]OCc1ccnc(C2(C#N)CCCCC2)c1. The maximum Gasteiger partial charge on any atom is 0.211 e. The molecule has 1 aliphatic rings. The molecule has 0 unspecified atom stereocenters. The van der Waals surface area contributed by atoms with Gasteiger partial charge in [-0.3, -0.25) is 4.98 Å². The summed E-state index contributed by atoms with van der Waals surface area (Å²) in [5, 5.41) is 13.8. The van der Waals surface area contributed by atoms with Gasteiger partial charge in [-0.15, -0.1) is 0 Å². The summed E-state index contributed by atoms with van der Waals surface area (Å²) < 4.78 is 6.76. The third kappa shape index (κ3) is 1.94. The number of rotatable bonds is 3. The molecule has 0 spiro atoms. The summed E-state index contributed by atoms with van der Waals surface area (Å²) >= 11 is 0. The molecule has 1 saturated carbocycles. The second-order valence-corrected chi connectivity index (χ2v) is 4.45. The van der Waals surface area contributed by atoms with Gasteiger partial charge >= 0.3 is 0 Å². The maximum atomic E-state index is 9.46. The van der Waals surface area contributed by atoms with Crippen molar-refractivity contribution < 1.29 is 5.11 Å². The van der Waals surface area contributed by atoms with E-state index in [2.05, 4.69) is 16.2 Å². The van der Waals surface area contributed by atoms with Crippen LogP contribution in [0.3, 0.4) is 0 Å². The van der Waals surface area contributed by atoms with E-state index >= 15 is 0 Å².